The van der Waals surface area contributed by atoms with E-state index in [-0.39, 0.29) is 5.78 Å². The summed E-state index contributed by atoms with van der Waals surface area (Å²) in [6.45, 7) is 4.23. The van der Waals surface area contributed by atoms with Gasteiger partial charge in [-0.25, -0.2) is 0 Å². The zero-order valence-corrected chi connectivity index (χ0v) is 17.5. The summed E-state index contributed by atoms with van der Waals surface area (Å²) in [7, 11) is 0. The molecule has 2 aliphatic heterocycles. The Morgan fingerprint density at radius 3 is 2.71 bits per heavy atom. The first-order chi connectivity index (χ1) is 15.2. The summed E-state index contributed by atoms with van der Waals surface area (Å²) in [4.78, 5) is 19.3. The van der Waals surface area contributed by atoms with Gasteiger partial charge in [-0.3, -0.25) is 14.7 Å². The summed E-state index contributed by atoms with van der Waals surface area (Å²) < 4.78 is 12.0. The molecule has 0 atom stereocenters. The summed E-state index contributed by atoms with van der Waals surface area (Å²) in [5, 5.41) is 0. The van der Waals surface area contributed by atoms with Crippen LogP contribution in [0.3, 0.4) is 0 Å². The van der Waals surface area contributed by atoms with E-state index >= 15 is 0 Å². The molecule has 0 saturated carbocycles. The quantitative estimate of drug-likeness (QED) is 0.564. The maximum atomic E-state index is 13.0. The summed E-state index contributed by atoms with van der Waals surface area (Å²) in [5.74, 6) is 1.71. The van der Waals surface area contributed by atoms with Crippen LogP contribution in [0.2, 0.25) is 0 Å². The van der Waals surface area contributed by atoms with E-state index in [2.05, 4.69) is 34.1 Å². The Balaban J connectivity index is 1.32. The molecule has 31 heavy (non-hydrogen) atoms. The Hall–Kier alpha value is -3.44. The normalized spacial score (nSPS) is 16.5. The number of carbonyl (C=O) groups is 1. The molecule has 5 rings (SSSR count). The van der Waals surface area contributed by atoms with Crippen LogP contribution in [0, 0.1) is 6.92 Å². The molecule has 0 fully saturated rings. The van der Waals surface area contributed by atoms with Crippen molar-refractivity contribution in [2.45, 2.75) is 26.3 Å². The van der Waals surface area contributed by atoms with Crippen LogP contribution in [-0.4, -0.2) is 28.9 Å². The fourth-order valence-electron chi connectivity index (χ4n) is 4.20. The molecule has 2 aliphatic rings. The van der Waals surface area contributed by atoms with E-state index in [0.29, 0.717) is 23.8 Å². The van der Waals surface area contributed by atoms with Crippen LogP contribution in [0.5, 0.6) is 11.5 Å². The van der Waals surface area contributed by atoms with E-state index in [1.54, 1.807) is 18.5 Å². The first-order valence-electron chi connectivity index (χ1n) is 10.6. The highest BCUT2D eigenvalue weighted by Gasteiger charge is 2.33. The zero-order chi connectivity index (χ0) is 21.2. The second-order valence-corrected chi connectivity index (χ2v) is 8.00. The Kier molecular flexibility index (Phi) is 5.26. The van der Waals surface area contributed by atoms with Crippen LogP contribution in [-0.2, 0) is 13.0 Å². The van der Waals surface area contributed by atoms with E-state index < -0.39 is 0 Å². The molecule has 3 aromatic rings. The standard InChI is InChI=1S/C26H24N2O3/c1-18-25-21(16-28(17-30-25)13-5-8-19-6-3-2-4-7-19)15-22-24(29)23(31-26(18)22)14-20-9-11-27-12-10-20/h2-4,6-7,9-12,14-15H,5,8,13,16-17H2,1H3/b23-14-. The van der Waals surface area contributed by atoms with E-state index in [4.69, 9.17) is 9.47 Å². The highest BCUT2D eigenvalue weighted by Crippen LogP contribution is 2.43. The van der Waals surface area contributed by atoms with Gasteiger partial charge in [0.15, 0.2) is 5.76 Å². The number of ether oxygens (including phenoxy) is 2. The molecule has 0 spiro atoms. The van der Waals surface area contributed by atoms with Gasteiger partial charge in [-0.15, -0.1) is 0 Å². The third-order valence-corrected chi connectivity index (χ3v) is 5.79. The maximum Gasteiger partial charge on any atom is 0.231 e. The minimum Gasteiger partial charge on any atom is -0.477 e. The average molecular weight is 412 g/mol. The molecular formula is C26H24N2O3. The highest BCUT2D eigenvalue weighted by atomic mass is 16.5. The number of hydrogen-bond donors (Lipinski definition) is 0. The van der Waals surface area contributed by atoms with Crippen LogP contribution >= 0.6 is 0 Å². The Morgan fingerprint density at radius 2 is 1.90 bits per heavy atom. The van der Waals surface area contributed by atoms with Gasteiger partial charge in [0.05, 0.1) is 5.56 Å². The molecule has 1 aromatic heterocycles. The SMILES string of the molecule is Cc1c2c(cc3c1O/C(=C\c1ccncc1)C3=O)CN(CCCc1ccccc1)CO2. The van der Waals surface area contributed by atoms with Gasteiger partial charge < -0.3 is 9.47 Å². The van der Waals surface area contributed by atoms with Crippen LogP contribution in [0.4, 0.5) is 0 Å². The number of ketones is 1. The van der Waals surface area contributed by atoms with Gasteiger partial charge >= 0.3 is 0 Å². The lowest BCUT2D eigenvalue weighted by Crippen LogP contribution is -2.33. The maximum absolute atomic E-state index is 13.0. The molecule has 0 saturated heterocycles. The van der Waals surface area contributed by atoms with Gasteiger partial charge in [0.1, 0.15) is 18.2 Å². The fourth-order valence-corrected chi connectivity index (χ4v) is 4.20. The Morgan fingerprint density at radius 1 is 1.10 bits per heavy atom. The predicted molar refractivity (Wildman–Crippen MR) is 119 cm³/mol. The summed E-state index contributed by atoms with van der Waals surface area (Å²) >= 11 is 0. The molecule has 3 heterocycles. The number of benzene rings is 2. The summed E-state index contributed by atoms with van der Waals surface area (Å²) in [6, 6.07) is 16.2. The van der Waals surface area contributed by atoms with Crippen molar-refractivity contribution >= 4 is 11.9 Å². The molecule has 5 heteroatoms. The Labute approximate surface area is 181 Å². The van der Waals surface area contributed by atoms with Gasteiger partial charge in [-0.2, -0.15) is 0 Å². The minimum atomic E-state index is -0.0843. The number of aromatic nitrogens is 1. The van der Waals surface area contributed by atoms with Gasteiger partial charge in [0.2, 0.25) is 5.78 Å². The number of Topliss-reactive ketones (excluding diaryl/α,β-unsaturated/α-hetero) is 1. The first-order valence-corrected chi connectivity index (χ1v) is 10.6. The predicted octanol–water partition coefficient (Wildman–Crippen LogP) is 4.79. The van der Waals surface area contributed by atoms with E-state index in [1.807, 2.05) is 31.2 Å². The monoisotopic (exact) mass is 412 g/mol. The van der Waals surface area contributed by atoms with Crippen LogP contribution in [0.15, 0.2) is 66.7 Å². The van der Waals surface area contributed by atoms with E-state index in [0.717, 1.165) is 48.4 Å². The molecule has 0 amide bonds. The van der Waals surface area contributed by atoms with Crippen LogP contribution in [0.25, 0.3) is 6.08 Å². The number of pyridine rings is 1. The molecule has 156 valence electrons. The average Bonchev–Trinajstić information content (AvgIpc) is 3.11. The number of allylic oxidation sites excluding steroid dienone is 1. The Bertz CT molecular complexity index is 1140. The first kappa shape index (κ1) is 19.5. The van der Waals surface area contributed by atoms with E-state index in [9.17, 15) is 4.79 Å². The largest absolute Gasteiger partial charge is 0.477 e. The second-order valence-electron chi connectivity index (χ2n) is 8.00. The number of hydrogen-bond acceptors (Lipinski definition) is 5. The third kappa shape index (κ3) is 3.97. The number of aryl methyl sites for hydroxylation is 1. The van der Waals surface area contributed by atoms with Gasteiger partial charge in [-0.05, 0) is 55.2 Å². The van der Waals surface area contributed by atoms with Crippen LogP contribution < -0.4 is 9.47 Å². The molecule has 0 radical (unpaired) electrons. The van der Waals surface area contributed by atoms with Gasteiger partial charge in [0, 0.05) is 36.6 Å². The molecular weight excluding hydrogens is 388 g/mol. The van der Waals surface area contributed by atoms with Gasteiger partial charge in [-0.1, -0.05) is 30.3 Å². The molecule has 0 N–H and O–H groups in total. The van der Waals surface area contributed by atoms with Crippen molar-refractivity contribution < 1.29 is 14.3 Å². The van der Waals surface area contributed by atoms with Crippen molar-refractivity contribution in [2.24, 2.45) is 0 Å². The van der Waals surface area contributed by atoms with Crippen molar-refractivity contribution in [3.8, 4) is 11.5 Å². The van der Waals surface area contributed by atoms with Crippen molar-refractivity contribution in [1.82, 2.24) is 9.88 Å². The summed E-state index contributed by atoms with van der Waals surface area (Å²) in [5.41, 5.74) is 4.79. The van der Waals surface area contributed by atoms with Crippen molar-refractivity contribution in [3.05, 3.63) is 94.5 Å². The van der Waals surface area contributed by atoms with Crippen molar-refractivity contribution in [3.63, 3.8) is 0 Å². The number of fused-ring (bicyclic) bond motifs is 2. The fraction of sp³-hybridized carbons (Fsp3) is 0.231. The topological polar surface area (TPSA) is 51.7 Å². The van der Waals surface area contributed by atoms with Gasteiger partial charge in [0.25, 0.3) is 0 Å². The van der Waals surface area contributed by atoms with Crippen molar-refractivity contribution in [2.75, 3.05) is 13.3 Å². The number of nitrogens with zero attached hydrogens (tertiary/aromatic N) is 2. The number of rotatable bonds is 5. The number of carbonyl (C=O) groups excluding carboxylic acids is 1. The molecule has 0 bridgehead atoms. The second kappa shape index (κ2) is 8.36. The zero-order valence-electron chi connectivity index (χ0n) is 17.5. The molecule has 2 aromatic carbocycles. The lowest BCUT2D eigenvalue weighted by Gasteiger charge is -2.30. The van der Waals surface area contributed by atoms with E-state index in [1.165, 1.54) is 5.56 Å². The highest BCUT2D eigenvalue weighted by molar-refractivity contribution is 6.15. The smallest absolute Gasteiger partial charge is 0.231 e. The molecule has 0 unspecified atom stereocenters. The van der Waals surface area contributed by atoms with Crippen LogP contribution in [0.1, 0.15) is 39.0 Å². The molecule has 0 aliphatic carbocycles. The lowest BCUT2D eigenvalue weighted by molar-refractivity contribution is 0.0932. The third-order valence-electron chi connectivity index (χ3n) is 5.79. The van der Waals surface area contributed by atoms with Crippen molar-refractivity contribution in [1.29, 1.82) is 0 Å². The lowest BCUT2D eigenvalue weighted by atomic mass is 10.00. The minimum absolute atomic E-state index is 0.0843. The molecule has 5 nitrogen and oxygen atoms in total. The summed E-state index contributed by atoms with van der Waals surface area (Å²) in [6.07, 6.45) is 7.27.